The van der Waals surface area contributed by atoms with E-state index in [9.17, 15) is 0 Å². The Kier molecular flexibility index (Phi) is 3.34. The Hall–Kier alpha value is 0.210. The molecule has 0 aliphatic rings. The molecule has 0 bridgehead atoms. The quantitative estimate of drug-likeness (QED) is 0.403. The van der Waals surface area contributed by atoms with Crippen molar-refractivity contribution in [1.29, 1.82) is 0 Å². The summed E-state index contributed by atoms with van der Waals surface area (Å²) in [4.78, 5) is 0. The van der Waals surface area contributed by atoms with Crippen molar-refractivity contribution < 1.29 is 0 Å². The molecule has 0 aromatic rings. The van der Waals surface area contributed by atoms with E-state index in [1.807, 2.05) is 6.92 Å². The summed E-state index contributed by atoms with van der Waals surface area (Å²) in [7, 11) is 1.78. The number of nitrogens with two attached hydrogens (primary N) is 1. The lowest BCUT2D eigenvalue weighted by Gasteiger charge is -2.10. The molecule has 0 aromatic carbocycles. The van der Waals surface area contributed by atoms with E-state index in [1.54, 1.807) is 7.05 Å². The van der Waals surface area contributed by atoms with Crippen molar-refractivity contribution in [3.8, 4) is 0 Å². The highest BCUT2D eigenvalue weighted by molar-refractivity contribution is 6.20. The van der Waals surface area contributed by atoms with Gasteiger partial charge in [-0.1, -0.05) is 0 Å². The van der Waals surface area contributed by atoms with Gasteiger partial charge in [0.25, 0.3) is 0 Å². The van der Waals surface area contributed by atoms with Crippen LogP contribution in [-0.4, -0.2) is 18.6 Å². The van der Waals surface area contributed by atoms with Gasteiger partial charge in [-0.2, -0.15) is 0 Å². The third-order valence-corrected chi connectivity index (χ3v) is 1.10. The van der Waals surface area contributed by atoms with E-state index in [4.69, 9.17) is 17.3 Å². The third kappa shape index (κ3) is 2.85. The lowest BCUT2D eigenvalue weighted by molar-refractivity contribution is 0.574. The van der Waals surface area contributed by atoms with Crippen LogP contribution in [0.3, 0.4) is 0 Å². The summed E-state index contributed by atoms with van der Waals surface area (Å²) < 4.78 is 0. The Morgan fingerprint density at radius 2 is 2.14 bits per heavy atom. The Bertz CT molecular complexity index is 47.0. The molecule has 7 heavy (non-hydrogen) atoms. The molecular formula is C4H11ClN2. The van der Waals surface area contributed by atoms with Crippen LogP contribution in [0.25, 0.3) is 0 Å². The van der Waals surface area contributed by atoms with Gasteiger partial charge in [-0.25, -0.2) is 0 Å². The molecular weight excluding hydrogens is 112 g/mol. The first kappa shape index (κ1) is 7.21. The second kappa shape index (κ2) is 3.24. The first-order valence-corrected chi connectivity index (χ1v) is 2.69. The fraction of sp³-hybridized carbons (Fsp3) is 1.00. The first-order chi connectivity index (χ1) is 3.18. The van der Waals surface area contributed by atoms with Crippen LogP contribution in [0.5, 0.6) is 0 Å². The standard InChI is InChI=1S/C4H11ClN2/c1-3(5)4(6)7-2/h3-4,7H,6H2,1-2H3/t3?,4-/m0/s1. The van der Waals surface area contributed by atoms with Gasteiger partial charge in [-0.3, -0.25) is 0 Å². The molecule has 0 heterocycles. The molecule has 0 radical (unpaired) electrons. The van der Waals surface area contributed by atoms with E-state index in [1.165, 1.54) is 0 Å². The van der Waals surface area contributed by atoms with Crippen LogP contribution in [0.1, 0.15) is 6.92 Å². The number of halogens is 1. The molecule has 0 aromatic heterocycles. The highest BCUT2D eigenvalue weighted by atomic mass is 35.5. The molecule has 0 aliphatic carbocycles. The highest BCUT2D eigenvalue weighted by Gasteiger charge is 2.03. The summed E-state index contributed by atoms with van der Waals surface area (Å²) >= 11 is 5.54. The minimum absolute atomic E-state index is 0.00463. The van der Waals surface area contributed by atoms with Crippen molar-refractivity contribution in [2.75, 3.05) is 7.05 Å². The van der Waals surface area contributed by atoms with E-state index < -0.39 is 0 Å². The van der Waals surface area contributed by atoms with Gasteiger partial charge < -0.3 is 11.1 Å². The fourth-order valence-corrected chi connectivity index (χ4v) is 0.356. The van der Waals surface area contributed by atoms with Crippen LogP contribution in [0.15, 0.2) is 0 Å². The summed E-state index contributed by atoms with van der Waals surface area (Å²) in [6.45, 7) is 1.85. The fourth-order valence-electron chi connectivity index (χ4n) is 0.230. The SMILES string of the molecule is CN[C@H](N)C(C)Cl. The molecule has 0 amide bonds. The molecule has 2 atom stereocenters. The molecule has 3 heteroatoms. The van der Waals surface area contributed by atoms with Crippen molar-refractivity contribution in [3.05, 3.63) is 0 Å². The maximum atomic E-state index is 5.54. The topological polar surface area (TPSA) is 38.0 Å². The summed E-state index contributed by atoms with van der Waals surface area (Å²) in [6.07, 6.45) is -0.0818. The number of hydrogen-bond acceptors (Lipinski definition) is 2. The zero-order chi connectivity index (χ0) is 5.86. The second-order valence-electron chi connectivity index (χ2n) is 1.49. The monoisotopic (exact) mass is 122 g/mol. The van der Waals surface area contributed by atoms with Crippen LogP contribution in [-0.2, 0) is 0 Å². The second-order valence-corrected chi connectivity index (χ2v) is 2.18. The zero-order valence-corrected chi connectivity index (χ0v) is 5.37. The molecule has 0 fully saturated rings. The maximum Gasteiger partial charge on any atom is 0.0709 e. The van der Waals surface area contributed by atoms with Crippen molar-refractivity contribution in [3.63, 3.8) is 0 Å². The average molecular weight is 123 g/mol. The molecule has 1 unspecified atom stereocenters. The molecule has 3 N–H and O–H groups in total. The van der Waals surface area contributed by atoms with E-state index in [0.29, 0.717) is 0 Å². The molecule has 0 saturated heterocycles. The van der Waals surface area contributed by atoms with Gasteiger partial charge in [0, 0.05) is 0 Å². The average Bonchev–Trinajstić information content (AvgIpc) is 1.65. The van der Waals surface area contributed by atoms with Gasteiger partial charge in [0.15, 0.2) is 0 Å². The minimum atomic E-state index is -0.0818. The summed E-state index contributed by atoms with van der Waals surface area (Å²) in [5, 5.41) is 2.81. The van der Waals surface area contributed by atoms with Gasteiger partial charge >= 0.3 is 0 Å². The molecule has 0 rings (SSSR count). The number of hydrogen-bond donors (Lipinski definition) is 2. The van der Waals surface area contributed by atoms with Gasteiger partial charge in [-0.15, -0.1) is 11.6 Å². The Balaban J connectivity index is 3.14. The van der Waals surface area contributed by atoms with Gasteiger partial charge in [0.1, 0.15) is 0 Å². The molecule has 44 valence electrons. The van der Waals surface area contributed by atoms with Crippen molar-refractivity contribution in [2.45, 2.75) is 18.5 Å². The van der Waals surface area contributed by atoms with Crippen molar-refractivity contribution >= 4 is 11.6 Å². The summed E-state index contributed by atoms with van der Waals surface area (Å²) in [5.74, 6) is 0. The van der Waals surface area contributed by atoms with Gasteiger partial charge in [0.05, 0.1) is 11.5 Å². The number of alkyl halides is 1. The van der Waals surface area contributed by atoms with Crippen LogP contribution in [0, 0.1) is 0 Å². The third-order valence-electron chi connectivity index (χ3n) is 0.828. The van der Waals surface area contributed by atoms with Crippen LogP contribution in [0.4, 0.5) is 0 Å². The first-order valence-electron chi connectivity index (χ1n) is 2.25. The molecule has 2 nitrogen and oxygen atoms in total. The predicted molar refractivity (Wildman–Crippen MR) is 32.4 cm³/mol. The van der Waals surface area contributed by atoms with Crippen molar-refractivity contribution in [1.82, 2.24) is 5.32 Å². The lowest BCUT2D eigenvalue weighted by atomic mass is 10.4. The van der Waals surface area contributed by atoms with Crippen LogP contribution < -0.4 is 11.1 Å². The lowest BCUT2D eigenvalue weighted by Crippen LogP contribution is -2.40. The summed E-state index contributed by atoms with van der Waals surface area (Å²) in [6, 6.07) is 0. The molecule has 0 spiro atoms. The predicted octanol–water partition coefficient (Wildman–Crippen LogP) is 0.118. The largest absolute Gasteiger partial charge is 0.315 e. The van der Waals surface area contributed by atoms with E-state index in [2.05, 4.69) is 5.32 Å². The highest BCUT2D eigenvalue weighted by Crippen LogP contribution is 1.93. The Morgan fingerprint density at radius 1 is 1.71 bits per heavy atom. The molecule has 0 aliphatic heterocycles. The van der Waals surface area contributed by atoms with E-state index in [-0.39, 0.29) is 11.5 Å². The Labute approximate surface area is 49.0 Å². The van der Waals surface area contributed by atoms with Gasteiger partial charge in [0.2, 0.25) is 0 Å². The van der Waals surface area contributed by atoms with E-state index in [0.717, 1.165) is 0 Å². The molecule has 0 saturated carbocycles. The van der Waals surface area contributed by atoms with Gasteiger partial charge in [-0.05, 0) is 14.0 Å². The van der Waals surface area contributed by atoms with Crippen LogP contribution >= 0.6 is 11.6 Å². The normalized spacial score (nSPS) is 18.9. The summed E-state index contributed by atoms with van der Waals surface area (Å²) in [5.41, 5.74) is 5.37. The van der Waals surface area contributed by atoms with Crippen LogP contribution in [0.2, 0.25) is 0 Å². The maximum absolute atomic E-state index is 5.54. The van der Waals surface area contributed by atoms with Crippen molar-refractivity contribution in [2.24, 2.45) is 5.73 Å². The number of rotatable bonds is 2. The smallest absolute Gasteiger partial charge is 0.0709 e. The van der Waals surface area contributed by atoms with E-state index >= 15 is 0 Å². The minimum Gasteiger partial charge on any atom is -0.315 e. The zero-order valence-electron chi connectivity index (χ0n) is 4.61. The Morgan fingerprint density at radius 3 is 2.14 bits per heavy atom. The number of nitrogens with one attached hydrogen (secondary N) is 1.